The van der Waals surface area contributed by atoms with Crippen LogP contribution in [0, 0.1) is 0 Å². The van der Waals surface area contributed by atoms with Crippen molar-refractivity contribution >= 4 is 29.4 Å². The topological polar surface area (TPSA) is 75.8 Å². The van der Waals surface area contributed by atoms with Crippen molar-refractivity contribution in [3.05, 3.63) is 29.5 Å². The maximum absolute atomic E-state index is 12.3. The fourth-order valence-electron chi connectivity index (χ4n) is 3.04. The van der Waals surface area contributed by atoms with E-state index in [0.717, 1.165) is 36.2 Å². The Bertz CT molecular complexity index is 851. The first-order valence-corrected chi connectivity index (χ1v) is 7.72. The van der Waals surface area contributed by atoms with Crippen molar-refractivity contribution in [2.45, 2.75) is 19.3 Å². The van der Waals surface area contributed by atoms with Crippen LogP contribution in [0.25, 0.3) is 6.08 Å². The summed E-state index contributed by atoms with van der Waals surface area (Å²) in [6.45, 7) is 0. The van der Waals surface area contributed by atoms with Gasteiger partial charge in [0, 0.05) is 5.56 Å². The predicted octanol–water partition coefficient (Wildman–Crippen LogP) is 2.24. The van der Waals surface area contributed by atoms with Crippen molar-refractivity contribution in [1.82, 2.24) is 5.01 Å². The maximum atomic E-state index is 12.3. The van der Waals surface area contributed by atoms with E-state index in [1.54, 1.807) is 26.4 Å². The molecule has 0 unspecified atom stereocenters. The van der Waals surface area contributed by atoms with Crippen molar-refractivity contribution in [3.63, 3.8) is 0 Å². The lowest BCUT2D eigenvalue weighted by Crippen LogP contribution is -2.28. The summed E-state index contributed by atoms with van der Waals surface area (Å²) in [5, 5.41) is 6.08. The largest absolute Gasteiger partial charge is 0.493 e. The zero-order chi connectivity index (χ0) is 16.7. The molecule has 0 atom stereocenters. The molecule has 24 heavy (non-hydrogen) atoms. The molecule has 1 aromatic carbocycles. The smallest absolute Gasteiger partial charge is 0.299 e. The lowest BCUT2D eigenvalue weighted by atomic mass is 10.1. The minimum atomic E-state index is -0.358. The van der Waals surface area contributed by atoms with Gasteiger partial charge in [-0.3, -0.25) is 4.79 Å². The summed E-state index contributed by atoms with van der Waals surface area (Å²) in [5.74, 6) is 1.14. The molecule has 1 aromatic rings. The van der Waals surface area contributed by atoms with Gasteiger partial charge < -0.3 is 9.47 Å². The van der Waals surface area contributed by atoms with E-state index in [1.807, 2.05) is 12.1 Å². The number of amides is 1. The Morgan fingerprint density at radius 1 is 1.12 bits per heavy atom. The zero-order valence-corrected chi connectivity index (χ0v) is 13.4. The third-order valence-corrected chi connectivity index (χ3v) is 4.18. The van der Waals surface area contributed by atoms with Gasteiger partial charge in [-0.1, -0.05) is 12.1 Å². The first kappa shape index (κ1) is 14.6. The van der Waals surface area contributed by atoms with E-state index in [9.17, 15) is 4.79 Å². The van der Waals surface area contributed by atoms with Gasteiger partial charge in [-0.05, 0) is 31.4 Å². The number of benzene rings is 1. The summed E-state index contributed by atoms with van der Waals surface area (Å²) in [5.41, 5.74) is 2.96. The molecule has 1 amide bonds. The van der Waals surface area contributed by atoms with Crippen molar-refractivity contribution in [1.29, 1.82) is 0 Å². The molecular weight excluding hydrogens is 308 g/mol. The van der Waals surface area contributed by atoms with Crippen LogP contribution in [0.4, 0.5) is 0 Å². The van der Waals surface area contributed by atoms with Gasteiger partial charge in [0.1, 0.15) is 5.70 Å². The van der Waals surface area contributed by atoms with Crippen LogP contribution in [0.2, 0.25) is 0 Å². The highest BCUT2D eigenvalue weighted by Gasteiger charge is 2.35. The molecule has 4 rings (SSSR count). The molecular formula is C17H16N4O3. The molecule has 0 aromatic heterocycles. The highest BCUT2D eigenvalue weighted by Crippen LogP contribution is 2.34. The first-order chi connectivity index (χ1) is 11.7. The molecule has 0 spiro atoms. The van der Waals surface area contributed by atoms with Gasteiger partial charge >= 0.3 is 0 Å². The second kappa shape index (κ2) is 5.59. The molecule has 0 bridgehead atoms. The van der Waals surface area contributed by atoms with Gasteiger partial charge in [0.05, 0.1) is 25.6 Å². The van der Waals surface area contributed by atoms with Crippen molar-refractivity contribution < 1.29 is 14.3 Å². The van der Waals surface area contributed by atoms with Crippen molar-refractivity contribution in [3.8, 4) is 11.5 Å². The number of methoxy groups -OCH3 is 2. The standard InChI is InChI=1S/C17H16N4O3/c1-23-14-8-3-5-10(15(14)24-2)9-13-16(22)19-17-18-11-6-4-7-12(11)20-21(13)17/h3,5,8-9H,4,6-7H2,1-2H3. The molecule has 7 nitrogen and oxygen atoms in total. The number of hydrogen-bond acceptors (Lipinski definition) is 6. The van der Waals surface area contributed by atoms with Gasteiger partial charge in [0.15, 0.2) is 11.5 Å². The normalized spacial score (nSPS) is 20.4. The number of hydrazone groups is 1. The Balaban J connectivity index is 1.77. The molecule has 2 heterocycles. The number of ether oxygens (including phenoxy) is 2. The molecule has 1 aliphatic carbocycles. The first-order valence-electron chi connectivity index (χ1n) is 7.72. The van der Waals surface area contributed by atoms with E-state index in [1.165, 1.54) is 5.01 Å². The van der Waals surface area contributed by atoms with Crippen LogP contribution in [-0.2, 0) is 4.79 Å². The Kier molecular flexibility index (Phi) is 3.41. The molecule has 3 aliphatic rings. The number of aliphatic imine (C=N–C) groups is 2. The molecule has 2 aliphatic heterocycles. The average Bonchev–Trinajstić information content (AvgIpc) is 3.16. The summed E-state index contributed by atoms with van der Waals surface area (Å²) < 4.78 is 10.7. The van der Waals surface area contributed by atoms with Crippen LogP contribution in [0.15, 0.2) is 39.0 Å². The summed E-state index contributed by atoms with van der Waals surface area (Å²) in [6, 6.07) is 5.49. The highest BCUT2D eigenvalue weighted by atomic mass is 16.5. The van der Waals surface area contributed by atoms with E-state index in [0.29, 0.717) is 23.2 Å². The predicted molar refractivity (Wildman–Crippen MR) is 90.5 cm³/mol. The van der Waals surface area contributed by atoms with E-state index in [2.05, 4.69) is 15.1 Å². The molecule has 0 saturated heterocycles. The summed E-state index contributed by atoms with van der Waals surface area (Å²) in [7, 11) is 3.14. The zero-order valence-electron chi connectivity index (χ0n) is 13.4. The van der Waals surface area contributed by atoms with Crippen LogP contribution < -0.4 is 9.47 Å². The van der Waals surface area contributed by atoms with Crippen molar-refractivity contribution in [2.75, 3.05) is 14.2 Å². The lowest BCUT2D eigenvalue weighted by Gasteiger charge is -2.18. The number of para-hydroxylation sites is 1. The highest BCUT2D eigenvalue weighted by molar-refractivity contribution is 6.46. The third-order valence-electron chi connectivity index (χ3n) is 4.18. The van der Waals surface area contributed by atoms with Crippen LogP contribution in [0.5, 0.6) is 11.5 Å². The summed E-state index contributed by atoms with van der Waals surface area (Å²) >= 11 is 0. The van der Waals surface area contributed by atoms with Crippen LogP contribution in [0.3, 0.4) is 0 Å². The third kappa shape index (κ3) is 2.20. The Hall–Kier alpha value is -2.96. The average molecular weight is 324 g/mol. The Labute approximate surface area is 139 Å². The number of nitrogens with zero attached hydrogens (tertiary/aromatic N) is 4. The number of carbonyl (C=O) groups excluding carboxylic acids is 1. The van der Waals surface area contributed by atoms with Crippen molar-refractivity contribution in [2.24, 2.45) is 15.1 Å². The molecule has 122 valence electrons. The SMILES string of the molecule is COc1cccc(C=C2C(=O)N=C3N=C4CCCC4=NN23)c1OC. The Morgan fingerprint density at radius 3 is 2.75 bits per heavy atom. The summed E-state index contributed by atoms with van der Waals surface area (Å²) in [4.78, 5) is 20.8. The number of fused-ring (bicyclic) bond motifs is 2. The molecule has 1 fully saturated rings. The van der Waals surface area contributed by atoms with Crippen LogP contribution >= 0.6 is 0 Å². The summed E-state index contributed by atoms with van der Waals surface area (Å²) in [6.07, 6.45) is 4.52. The van der Waals surface area contributed by atoms with Gasteiger partial charge in [-0.25, -0.2) is 4.99 Å². The van der Waals surface area contributed by atoms with Gasteiger partial charge in [-0.2, -0.15) is 15.1 Å². The minimum absolute atomic E-state index is 0.341. The van der Waals surface area contributed by atoms with E-state index in [-0.39, 0.29) is 5.91 Å². The maximum Gasteiger partial charge on any atom is 0.299 e. The second-order valence-corrected chi connectivity index (χ2v) is 5.60. The number of carbonyl (C=O) groups is 1. The molecule has 1 saturated carbocycles. The number of rotatable bonds is 3. The van der Waals surface area contributed by atoms with E-state index < -0.39 is 0 Å². The van der Waals surface area contributed by atoms with Gasteiger partial charge in [0.2, 0.25) is 0 Å². The lowest BCUT2D eigenvalue weighted by molar-refractivity contribution is -0.114. The molecule has 7 heteroatoms. The monoisotopic (exact) mass is 324 g/mol. The van der Waals surface area contributed by atoms with E-state index >= 15 is 0 Å². The molecule has 0 N–H and O–H groups in total. The van der Waals surface area contributed by atoms with Crippen LogP contribution in [0.1, 0.15) is 24.8 Å². The fraction of sp³-hybridized carbons (Fsp3) is 0.294. The number of guanidine groups is 1. The minimum Gasteiger partial charge on any atom is -0.493 e. The van der Waals surface area contributed by atoms with Gasteiger partial charge in [0.25, 0.3) is 11.9 Å². The quantitative estimate of drug-likeness (QED) is 0.799. The fourth-order valence-corrected chi connectivity index (χ4v) is 3.04. The molecule has 0 radical (unpaired) electrons. The van der Waals surface area contributed by atoms with E-state index in [4.69, 9.17) is 9.47 Å². The number of hydrogen-bond donors (Lipinski definition) is 0. The second-order valence-electron chi connectivity index (χ2n) is 5.60. The van der Waals surface area contributed by atoms with Crippen LogP contribution in [-0.4, -0.2) is 42.5 Å². The Morgan fingerprint density at radius 2 is 1.96 bits per heavy atom. The van der Waals surface area contributed by atoms with Gasteiger partial charge in [-0.15, -0.1) is 0 Å².